The first kappa shape index (κ1) is 14.0. The SMILES string of the molecule is NC(=NO)c1ccc(Cl)cc1NS(=O)(=O)CC1CC1. The minimum Gasteiger partial charge on any atom is -0.409 e. The fraction of sp³-hybridized carbons (Fsp3) is 0.364. The van der Waals surface area contributed by atoms with Gasteiger partial charge in [-0.05, 0) is 37.0 Å². The van der Waals surface area contributed by atoms with Crippen molar-refractivity contribution in [2.24, 2.45) is 16.8 Å². The third kappa shape index (κ3) is 3.74. The molecule has 0 radical (unpaired) electrons. The average molecular weight is 304 g/mol. The van der Waals surface area contributed by atoms with Crippen LogP contribution in [0.3, 0.4) is 0 Å². The number of amidine groups is 1. The molecule has 4 N–H and O–H groups in total. The first-order chi connectivity index (χ1) is 8.91. The molecular formula is C11H14ClN3O3S. The molecule has 0 atom stereocenters. The number of nitrogens with zero attached hydrogens (tertiary/aromatic N) is 1. The second-order valence-corrected chi connectivity index (χ2v) is 6.71. The lowest BCUT2D eigenvalue weighted by atomic mass is 10.1. The lowest BCUT2D eigenvalue weighted by Gasteiger charge is -2.12. The summed E-state index contributed by atoms with van der Waals surface area (Å²) in [6, 6.07) is 4.46. The van der Waals surface area contributed by atoms with Gasteiger partial charge in [0.05, 0.1) is 11.4 Å². The van der Waals surface area contributed by atoms with E-state index < -0.39 is 10.0 Å². The van der Waals surface area contributed by atoms with E-state index in [1.807, 2.05) is 0 Å². The predicted molar refractivity (Wildman–Crippen MR) is 74.1 cm³/mol. The molecule has 1 aromatic carbocycles. The molecule has 6 nitrogen and oxygen atoms in total. The van der Waals surface area contributed by atoms with Gasteiger partial charge >= 0.3 is 0 Å². The topological polar surface area (TPSA) is 105 Å². The molecule has 1 fully saturated rings. The van der Waals surface area contributed by atoms with Crippen LogP contribution >= 0.6 is 11.6 Å². The van der Waals surface area contributed by atoms with Crippen LogP contribution in [0.15, 0.2) is 23.4 Å². The Morgan fingerprint density at radius 1 is 1.53 bits per heavy atom. The number of oxime groups is 1. The van der Waals surface area contributed by atoms with E-state index in [0.29, 0.717) is 5.02 Å². The Hall–Kier alpha value is -1.47. The Labute approximate surface area is 116 Å². The molecule has 0 heterocycles. The zero-order valence-electron chi connectivity index (χ0n) is 10.0. The molecule has 104 valence electrons. The van der Waals surface area contributed by atoms with Crippen molar-refractivity contribution in [1.29, 1.82) is 0 Å². The number of nitrogens with two attached hydrogens (primary N) is 1. The predicted octanol–water partition coefficient (Wildman–Crippen LogP) is 1.59. The number of hydrogen-bond donors (Lipinski definition) is 3. The minimum absolute atomic E-state index is 0.0785. The van der Waals surface area contributed by atoms with E-state index in [2.05, 4.69) is 9.88 Å². The number of anilines is 1. The molecule has 1 aromatic rings. The third-order valence-corrected chi connectivity index (χ3v) is 4.46. The average Bonchev–Trinajstić information content (AvgIpc) is 3.10. The highest BCUT2D eigenvalue weighted by molar-refractivity contribution is 7.92. The van der Waals surface area contributed by atoms with E-state index in [0.717, 1.165) is 12.8 Å². The van der Waals surface area contributed by atoms with Gasteiger partial charge in [0.2, 0.25) is 10.0 Å². The van der Waals surface area contributed by atoms with Gasteiger partial charge in [-0.3, -0.25) is 4.72 Å². The monoisotopic (exact) mass is 303 g/mol. The molecule has 0 amide bonds. The second kappa shape index (κ2) is 5.26. The molecule has 0 bridgehead atoms. The van der Waals surface area contributed by atoms with Crippen molar-refractivity contribution in [1.82, 2.24) is 0 Å². The number of nitrogens with one attached hydrogen (secondary N) is 1. The maximum Gasteiger partial charge on any atom is 0.233 e. The van der Waals surface area contributed by atoms with Crippen LogP contribution in [0.4, 0.5) is 5.69 Å². The van der Waals surface area contributed by atoms with Gasteiger partial charge in [0.1, 0.15) is 0 Å². The van der Waals surface area contributed by atoms with Crippen molar-refractivity contribution >= 4 is 33.1 Å². The van der Waals surface area contributed by atoms with Crippen LogP contribution in [0.1, 0.15) is 18.4 Å². The number of rotatable bonds is 5. The summed E-state index contributed by atoms with van der Waals surface area (Å²) >= 11 is 5.83. The molecule has 1 saturated carbocycles. The van der Waals surface area contributed by atoms with Crippen LogP contribution in [0.25, 0.3) is 0 Å². The largest absolute Gasteiger partial charge is 0.409 e. The van der Waals surface area contributed by atoms with Crippen molar-refractivity contribution in [3.63, 3.8) is 0 Å². The Bertz CT molecular complexity index is 612. The van der Waals surface area contributed by atoms with Crippen molar-refractivity contribution < 1.29 is 13.6 Å². The smallest absolute Gasteiger partial charge is 0.233 e. The highest BCUT2D eigenvalue weighted by Gasteiger charge is 2.28. The van der Waals surface area contributed by atoms with E-state index in [9.17, 15) is 8.42 Å². The zero-order chi connectivity index (χ0) is 14.0. The van der Waals surface area contributed by atoms with Crippen LogP contribution in [-0.2, 0) is 10.0 Å². The Morgan fingerprint density at radius 3 is 2.79 bits per heavy atom. The summed E-state index contributed by atoms with van der Waals surface area (Å²) in [6.45, 7) is 0. The van der Waals surface area contributed by atoms with E-state index in [4.69, 9.17) is 22.5 Å². The number of hydrogen-bond acceptors (Lipinski definition) is 4. The van der Waals surface area contributed by atoms with Gasteiger partial charge in [-0.25, -0.2) is 8.42 Å². The molecule has 0 spiro atoms. The maximum atomic E-state index is 11.9. The van der Waals surface area contributed by atoms with Gasteiger partial charge in [0.15, 0.2) is 5.84 Å². The first-order valence-corrected chi connectivity index (χ1v) is 7.72. The minimum atomic E-state index is -3.45. The molecule has 0 unspecified atom stereocenters. The summed E-state index contributed by atoms with van der Waals surface area (Å²) in [5.74, 6) is 0.125. The van der Waals surface area contributed by atoms with Gasteiger partial charge in [-0.15, -0.1) is 0 Å². The van der Waals surface area contributed by atoms with Crippen LogP contribution in [0.5, 0.6) is 0 Å². The molecule has 0 aliphatic heterocycles. The number of halogens is 1. The first-order valence-electron chi connectivity index (χ1n) is 5.69. The van der Waals surface area contributed by atoms with Gasteiger partial charge < -0.3 is 10.9 Å². The number of sulfonamides is 1. The molecule has 19 heavy (non-hydrogen) atoms. The van der Waals surface area contributed by atoms with Gasteiger partial charge in [-0.2, -0.15) is 0 Å². The lowest BCUT2D eigenvalue weighted by molar-refractivity contribution is 0.318. The van der Waals surface area contributed by atoms with Crippen LogP contribution in [0, 0.1) is 5.92 Å². The Morgan fingerprint density at radius 2 is 2.21 bits per heavy atom. The summed E-state index contributed by atoms with van der Waals surface area (Å²) in [7, 11) is -3.45. The molecular weight excluding hydrogens is 290 g/mol. The van der Waals surface area contributed by atoms with E-state index in [1.165, 1.54) is 18.2 Å². The molecule has 1 aliphatic carbocycles. The fourth-order valence-corrected chi connectivity index (χ4v) is 3.40. The highest BCUT2D eigenvalue weighted by atomic mass is 35.5. The summed E-state index contributed by atoms with van der Waals surface area (Å²) in [6.07, 6.45) is 1.87. The Balaban J connectivity index is 2.29. The zero-order valence-corrected chi connectivity index (χ0v) is 11.6. The number of benzene rings is 1. The second-order valence-electron chi connectivity index (χ2n) is 4.50. The van der Waals surface area contributed by atoms with Crippen LogP contribution in [-0.4, -0.2) is 25.2 Å². The van der Waals surface area contributed by atoms with Crippen molar-refractivity contribution in [2.45, 2.75) is 12.8 Å². The summed E-state index contributed by atoms with van der Waals surface area (Å²) in [5.41, 5.74) is 5.99. The molecule has 8 heteroatoms. The van der Waals surface area contributed by atoms with Crippen molar-refractivity contribution in [3.05, 3.63) is 28.8 Å². The van der Waals surface area contributed by atoms with Gasteiger partial charge in [0.25, 0.3) is 0 Å². The molecule has 0 aromatic heterocycles. The standard InChI is InChI=1S/C11H14ClN3O3S/c12-8-3-4-9(11(13)14-16)10(5-8)15-19(17,18)6-7-1-2-7/h3-5,7,15-16H,1-2,6H2,(H2,13,14). The Kier molecular flexibility index (Phi) is 3.86. The van der Waals surface area contributed by atoms with Crippen molar-refractivity contribution in [2.75, 3.05) is 10.5 Å². The summed E-state index contributed by atoms with van der Waals surface area (Å²) in [5, 5.41) is 11.9. The molecule has 1 aliphatic rings. The lowest BCUT2D eigenvalue weighted by Crippen LogP contribution is -2.22. The van der Waals surface area contributed by atoms with E-state index >= 15 is 0 Å². The molecule has 0 saturated heterocycles. The van der Waals surface area contributed by atoms with Gasteiger partial charge in [-0.1, -0.05) is 16.8 Å². The summed E-state index contributed by atoms with van der Waals surface area (Å²) < 4.78 is 26.3. The van der Waals surface area contributed by atoms with E-state index in [-0.39, 0.29) is 28.8 Å². The van der Waals surface area contributed by atoms with Crippen LogP contribution < -0.4 is 10.5 Å². The van der Waals surface area contributed by atoms with E-state index in [1.54, 1.807) is 0 Å². The fourth-order valence-electron chi connectivity index (χ4n) is 1.68. The normalized spacial score (nSPS) is 16.4. The van der Waals surface area contributed by atoms with Gasteiger partial charge in [0, 0.05) is 10.6 Å². The maximum absolute atomic E-state index is 11.9. The molecule has 2 rings (SSSR count). The quantitative estimate of drug-likeness (QED) is 0.332. The summed E-state index contributed by atoms with van der Waals surface area (Å²) in [4.78, 5) is 0. The third-order valence-electron chi connectivity index (χ3n) is 2.78. The van der Waals surface area contributed by atoms with Crippen LogP contribution in [0.2, 0.25) is 5.02 Å². The van der Waals surface area contributed by atoms with Crippen molar-refractivity contribution in [3.8, 4) is 0 Å². The highest BCUT2D eigenvalue weighted by Crippen LogP contribution is 2.31.